The molecule has 3 rings (SSSR count). The fraction of sp³-hybridized carbons (Fsp3) is 0.208. The third kappa shape index (κ3) is 6.56. The lowest BCUT2D eigenvalue weighted by molar-refractivity contribution is 0.252. The number of anilines is 1. The van der Waals surface area contributed by atoms with Gasteiger partial charge in [-0.1, -0.05) is 48.4 Å². The van der Waals surface area contributed by atoms with Crippen LogP contribution in [0.25, 0.3) is 0 Å². The topological polar surface area (TPSA) is 41.1 Å². The SMILES string of the molecule is O=C(NCCCCC(c1ccc(F)cc1)c1ccc(F)cc1)Nc1cccc(Cl)c1. The van der Waals surface area contributed by atoms with Gasteiger partial charge in [-0.3, -0.25) is 0 Å². The number of halogens is 3. The molecule has 0 heterocycles. The van der Waals surface area contributed by atoms with Crippen LogP contribution in [0.5, 0.6) is 0 Å². The molecule has 2 N–H and O–H groups in total. The fourth-order valence-corrected chi connectivity index (χ4v) is 3.52. The highest BCUT2D eigenvalue weighted by Crippen LogP contribution is 2.30. The van der Waals surface area contributed by atoms with Crippen molar-refractivity contribution in [3.05, 3.63) is 101 Å². The van der Waals surface area contributed by atoms with E-state index in [1.165, 1.54) is 24.3 Å². The number of urea groups is 1. The minimum absolute atomic E-state index is 0.0338. The summed E-state index contributed by atoms with van der Waals surface area (Å²) in [5.74, 6) is -0.537. The second-order valence-electron chi connectivity index (χ2n) is 7.04. The second-order valence-corrected chi connectivity index (χ2v) is 7.48. The van der Waals surface area contributed by atoms with Gasteiger partial charge in [0.25, 0.3) is 0 Å². The quantitative estimate of drug-likeness (QED) is 0.383. The van der Waals surface area contributed by atoms with Crippen molar-refractivity contribution in [2.24, 2.45) is 0 Å². The van der Waals surface area contributed by atoms with Gasteiger partial charge in [-0.25, -0.2) is 13.6 Å². The van der Waals surface area contributed by atoms with Gasteiger partial charge in [0.1, 0.15) is 11.6 Å². The zero-order chi connectivity index (χ0) is 21.3. The van der Waals surface area contributed by atoms with Gasteiger partial charge in [-0.15, -0.1) is 0 Å². The molecule has 0 fully saturated rings. The third-order valence-electron chi connectivity index (χ3n) is 4.83. The van der Waals surface area contributed by atoms with E-state index in [9.17, 15) is 13.6 Å². The molecule has 2 amide bonds. The molecular weight excluding hydrogens is 406 g/mol. The molecule has 3 nitrogen and oxygen atoms in total. The van der Waals surface area contributed by atoms with Crippen molar-refractivity contribution in [1.82, 2.24) is 5.32 Å². The first kappa shape index (κ1) is 21.8. The van der Waals surface area contributed by atoms with Gasteiger partial charge in [0.2, 0.25) is 0 Å². The van der Waals surface area contributed by atoms with Crippen molar-refractivity contribution >= 4 is 23.3 Å². The standard InChI is InChI=1S/C24H23ClF2N2O/c25-19-4-3-5-22(16-19)29-24(30)28-15-2-1-6-23(17-7-11-20(26)12-8-17)18-9-13-21(27)14-10-18/h3-5,7-14,16,23H,1-2,6,15H2,(H2,28,29,30). The Morgan fingerprint density at radius 1 is 0.867 bits per heavy atom. The molecular formula is C24H23ClF2N2O. The van der Waals surface area contributed by atoms with Crippen molar-refractivity contribution in [2.75, 3.05) is 11.9 Å². The van der Waals surface area contributed by atoms with Gasteiger partial charge in [-0.2, -0.15) is 0 Å². The number of rotatable bonds is 8. The summed E-state index contributed by atoms with van der Waals surface area (Å²) < 4.78 is 26.6. The molecule has 0 aliphatic carbocycles. The molecule has 0 saturated carbocycles. The van der Waals surface area contributed by atoms with Crippen LogP contribution < -0.4 is 10.6 Å². The van der Waals surface area contributed by atoms with E-state index in [-0.39, 0.29) is 23.6 Å². The summed E-state index contributed by atoms with van der Waals surface area (Å²) in [5.41, 5.74) is 2.59. The normalized spacial score (nSPS) is 10.8. The maximum Gasteiger partial charge on any atom is 0.319 e. The zero-order valence-electron chi connectivity index (χ0n) is 16.4. The minimum atomic E-state index is -0.286. The summed E-state index contributed by atoms with van der Waals surface area (Å²) in [6.07, 6.45) is 2.42. The number of amides is 2. The van der Waals surface area contributed by atoms with Gasteiger partial charge >= 0.3 is 6.03 Å². The van der Waals surface area contributed by atoms with Gasteiger partial charge < -0.3 is 10.6 Å². The molecule has 0 saturated heterocycles. The Kier molecular flexibility index (Phi) is 7.80. The summed E-state index contributed by atoms with van der Waals surface area (Å²) >= 11 is 5.91. The lowest BCUT2D eigenvalue weighted by atomic mass is 9.87. The third-order valence-corrected chi connectivity index (χ3v) is 5.07. The minimum Gasteiger partial charge on any atom is -0.338 e. The van der Waals surface area contributed by atoms with E-state index >= 15 is 0 Å². The Morgan fingerprint density at radius 3 is 2.03 bits per heavy atom. The van der Waals surface area contributed by atoms with Crippen LogP contribution in [0.4, 0.5) is 19.3 Å². The maximum absolute atomic E-state index is 13.3. The van der Waals surface area contributed by atoms with Crippen LogP contribution in [0, 0.1) is 11.6 Å². The van der Waals surface area contributed by atoms with E-state index in [2.05, 4.69) is 10.6 Å². The van der Waals surface area contributed by atoms with Crippen molar-refractivity contribution in [3.63, 3.8) is 0 Å². The summed E-state index contributed by atoms with van der Waals surface area (Å²) in [4.78, 5) is 12.0. The van der Waals surface area contributed by atoms with Crippen LogP contribution >= 0.6 is 11.6 Å². The number of carbonyl (C=O) groups excluding carboxylic acids is 1. The lowest BCUT2D eigenvalue weighted by Gasteiger charge is -2.18. The first-order chi connectivity index (χ1) is 14.5. The highest BCUT2D eigenvalue weighted by atomic mass is 35.5. The summed E-state index contributed by atoms with van der Waals surface area (Å²) in [6, 6.07) is 19.5. The molecule has 3 aromatic rings. The number of hydrogen-bond donors (Lipinski definition) is 2. The summed E-state index contributed by atoms with van der Waals surface area (Å²) in [5, 5.41) is 6.12. The van der Waals surface area contributed by atoms with Crippen molar-refractivity contribution in [1.29, 1.82) is 0 Å². The monoisotopic (exact) mass is 428 g/mol. The van der Waals surface area contributed by atoms with Gasteiger partial charge in [0.05, 0.1) is 0 Å². The van der Waals surface area contributed by atoms with Gasteiger partial charge in [0.15, 0.2) is 0 Å². The van der Waals surface area contributed by atoms with E-state index in [4.69, 9.17) is 11.6 Å². The van der Waals surface area contributed by atoms with E-state index in [0.29, 0.717) is 17.3 Å². The largest absolute Gasteiger partial charge is 0.338 e. The van der Waals surface area contributed by atoms with Crippen molar-refractivity contribution < 1.29 is 13.6 Å². The summed E-state index contributed by atoms with van der Waals surface area (Å²) in [6.45, 7) is 0.520. The van der Waals surface area contributed by atoms with E-state index in [1.807, 2.05) is 0 Å². The highest BCUT2D eigenvalue weighted by molar-refractivity contribution is 6.30. The zero-order valence-corrected chi connectivity index (χ0v) is 17.1. The predicted molar refractivity (Wildman–Crippen MR) is 117 cm³/mol. The number of benzene rings is 3. The molecule has 0 radical (unpaired) electrons. The van der Waals surface area contributed by atoms with Crippen LogP contribution in [0.15, 0.2) is 72.8 Å². The van der Waals surface area contributed by atoms with Crippen molar-refractivity contribution in [3.8, 4) is 0 Å². The number of carbonyl (C=O) groups is 1. The first-order valence-corrected chi connectivity index (χ1v) is 10.2. The molecule has 0 aromatic heterocycles. The van der Waals surface area contributed by atoms with Crippen LogP contribution in [-0.2, 0) is 0 Å². The van der Waals surface area contributed by atoms with E-state index in [1.54, 1.807) is 48.5 Å². The molecule has 0 aliphatic heterocycles. The second kappa shape index (κ2) is 10.7. The maximum atomic E-state index is 13.3. The molecule has 0 bridgehead atoms. The fourth-order valence-electron chi connectivity index (χ4n) is 3.33. The van der Waals surface area contributed by atoms with Gasteiger partial charge in [0, 0.05) is 23.2 Å². The lowest BCUT2D eigenvalue weighted by Crippen LogP contribution is -2.29. The van der Waals surface area contributed by atoms with Gasteiger partial charge in [-0.05, 0) is 66.4 Å². The van der Waals surface area contributed by atoms with Crippen molar-refractivity contribution in [2.45, 2.75) is 25.2 Å². The predicted octanol–water partition coefficient (Wildman–Crippen LogP) is 6.74. The average molecular weight is 429 g/mol. The smallest absolute Gasteiger partial charge is 0.319 e. The molecule has 3 aromatic carbocycles. The number of hydrogen-bond acceptors (Lipinski definition) is 1. The Bertz CT molecular complexity index is 916. The van der Waals surface area contributed by atoms with Crippen LogP contribution in [0.3, 0.4) is 0 Å². The Labute approximate surface area is 180 Å². The van der Waals surface area contributed by atoms with Crippen LogP contribution in [-0.4, -0.2) is 12.6 Å². The number of unbranched alkanes of at least 4 members (excludes halogenated alkanes) is 1. The molecule has 0 spiro atoms. The Hall–Kier alpha value is -2.92. The van der Waals surface area contributed by atoms with Crippen LogP contribution in [0.1, 0.15) is 36.3 Å². The first-order valence-electron chi connectivity index (χ1n) is 9.82. The summed E-state index contributed by atoms with van der Waals surface area (Å²) in [7, 11) is 0. The molecule has 30 heavy (non-hydrogen) atoms. The molecule has 0 aliphatic rings. The molecule has 0 unspecified atom stereocenters. The van der Waals surface area contributed by atoms with E-state index < -0.39 is 0 Å². The highest BCUT2D eigenvalue weighted by Gasteiger charge is 2.14. The van der Waals surface area contributed by atoms with E-state index in [0.717, 1.165) is 30.4 Å². The molecule has 0 atom stereocenters. The average Bonchev–Trinajstić information content (AvgIpc) is 2.72. The molecule has 6 heteroatoms. The Morgan fingerprint density at radius 2 is 1.47 bits per heavy atom. The Balaban J connectivity index is 1.51. The van der Waals surface area contributed by atoms with Crippen LogP contribution in [0.2, 0.25) is 5.02 Å². The molecule has 156 valence electrons. The number of nitrogens with one attached hydrogen (secondary N) is 2.